The quantitative estimate of drug-likeness (QED) is 0.482. The number of ether oxygens (including phenoxy) is 1. The predicted octanol–water partition coefficient (Wildman–Crippen LogP) is 2.39. The van der Waals surface area contributed by atoms with E-state index in [4.69, 9.17) is 9.84 Å². The Kier molecular flexibility index (Phi) is 5.63. The van der Waals surface area contributed by atoms with Crippen LogP contribution in [0.3, 0.4) is 0 Å². The molecular formula is C8H14O2. The maximum Gasteiger partial charge on any atom is 0.0943 e. The highest BCUT2D eigenvalue weighted by Gasteiger charge is 1.88. The Labute approximate surface area is 61.8 Å². The molecule has 0 fully saturated rings. The topological polar surface area (TPSA) is 29.5 Å². The van der Waals surface area contributed by atoms with E-state index in [1.54, 1.807) is 19.3 Å². The highest BCUT2D eigenvalue weighted by atomic mass is 16.5. The molecule has 0 radical (unpaired) electrons. The van der Waals surface area contributed by atoms with Gasteiger partial charge < -0.3 is 9.84 Å². The molecule has 0 aliphatic carbocycles. The number of rotatable bonds is 4. The van der Waals surface area contributed by atoms with Crippen molar-refractivity contribution in [2.24, 2.45) is 0 Å². The Hall–Kier alpha value is -0.920. The zero-order valence-electron chi connectivity index (χ0n) is 6.50. The van der Waals surface area contributed by atoms with Crippen LogP contribution in [0.2, 0.25) is 0 Å². The molecule has 1 N–H and O–H groups in total. The first kappa shape index (κ1) is 9.08. The molecule has 0 aliphatic rings. The molecule has 0 aromatic carbocycles. The SMILES string of the molecule is C/C=C(\O)CCO/C=C/C. The molecule has 0 rings (SSSR count). The van der Waals surface area contributed by atoms with Crippen molar-refractivity contribution in [3.63, 3.8) is 0 Å². The molecule has 0 bridgehead atoms. The third kappa shape index (κ3) is 5.22. The van der Waals surface area contributed by atoms with Gasteiger partial charge in [0.15, 0.2) is 0 Å². The summed E-state index contributed by atoms with van der Waals surface area (Å²) in [6.45, 7) is 4.22. The molecule has 0 heterocycles. The molecule has 10 heavy (non-hydrogen) atoms. The number of hydrogen-bond donors (Lipinski definition) is 1. The molecule has 0 spiro atoms. The average molecular weight is 142 g/mol. The summed E-state index contributed by atoms with van der Waals surface area (Å²) in [7, 11) is 0. The highest BCUT2D eigenvalue weighted by Crippen LogP contribution is 1.95. The van der Waals surface area contributed by atoms with Gasteiger partial charge in [-0.1, -0.05) is 6.08 Å². The second-order valence-electron chi connectivity index (χ2n) is 1.87. The molecule has 0 saturated carbocycles. The summed E-state index contributed by atoms with van der Waals surface area (Å²) in [5, 5.41) is 8.91. The van der Waals surface area contributed by atoms with Crippen LogP contribution in [0.5, 0.6) is 0 Å². The van der Waals surface area contributed by atoms with E-state index in [1.807, 2.05) is 13.0 Å². The fourth-order valence-corrected chi connectivity index (χ4v) is 0.472. The van der Waals surface area contributed by atoms with Crippen molar-refractivity contribution < 1.29 is 9.84 Å². The Balaban J connectivity index is 3.20. The van der Waals surface area contributed by atoms with E-state index in [-0.39, 0.29) is 0 Å². The average Bonchev–Trinajstić information content (AvgIpc) is 1.98. The molecule has 0 unspecified atom stereocenters. The fourth-order valence-electron chi connectivity index (χ4n) is 0.472. The van der Waals surface area contributed by atoms with Crippen molar-refractivity contribution in [1.29, 1.82) is 0 Å². The molecule has 0 atom stereocenters. The van der Waals surface area contributed by atoms with Gasteiger partial charge in [-0.2, -0.15) is 0 Å². The fraction of sp³-hybridized carbons (Fsp3) is 0.500. The van der Waals surface area contributed by atoms with Crippen LogP contribution >= 0.6 is 0 Å². The lowest BCUT2D eigenvalue weighted by atomic mass is 10.3. The van der Waals surface area contributed by atoms with Crippen LogP contribution in [-0.2, 0) is 4.74 Å². The molecule has 0 aromatic rings. The summed E-state index contributed by atoms with van der Waals surface area (Å²) in [5.74, 6) is 0.379. The van der Waals surface area contributed by atoms with Gasteiger partial charge >= 0.3 is 0 Å². The van der Waals surface area contributed by atoms with Gasteiger partial charge in [-0.25, -0.2) is 0 Å². The van der Waals surface area contributed by atoms with Gasteiger partial charge in [0, 0.05) is 6.42 Å². The number of allylic oxidation sites excluding steroid dienone is 2. The summed E-state index contributed by atoms with van der Waals surface area (Å²) in [4.78, 5) is 0. The van der Waals surface area contributed by atoms with E-state index in [0.717, 1.165) is 0 Å². The van der Waals surface area contributed by atoms with Gasteiger partial charge in [-0.05, 0) is 19.9 Å². The molecule has 0 aromatic heterocycles. The van der Waals surface area contributed by atoms with Crippen LogP contribution in [0, 0.1) is 0 Å². The maximum atomic E-state index is 8.91. The van der Waals surface area contributed by atoms with Crippen molar-refractivity contribution >= 4 is 0 Å². The van der Waals surface area contributed by atoms with Gasteiger partial charge in [0.25, 0.3) is 0 Å². The van der Waals surface area contributed by atoms with Crippen LogP contribution in [0.25, 0.3) is 0 Å². The van der Waals surface area contributed by atoms with Gasteiger partial charge in [0.1, 0.15) is 0 Å². The number of aliphatic hydroxyl groups excluding tert-OH is 1. The van der Waals surface area contributed by atoms with Crippen LogP contribution in [-0.4, -0.2) is 11.7 Å². The molecule has 0 saturated heterocycles. The lowest BCUT2D eigenvalue weighted by Crippen LogP contribution is -1.89. The van der Waals surface area contributed by atoms with Gasteiger partial charge in [0.2, 0.25) is 0 Å². The smallest absolute Gasteiger partial charge is 0.0943 e. The molecular weight excluding hydrogens is 128 g/mol. The molecule has 58 valence electrons. The first-order valence-electron chi connectivity index (χ1n) is 3.38. The van der Waals surface area contributed by atoms with Gasteiger partial charge in [0.05, 0.1) is 18.6 Å². The first-order chi connectivity index (χ1) is 4.81. The summed E-state index contributed by atoms with van der Waals surface area (Å²) >= 11 is 0. The van der Waals surface area contributed by atoms with Crippen molar-refractivity contribution in [3.8, 4) is 0 Å². The predicted molar refractivity (Wildman–Crippen MR) is 41.8 cm³/mol. The molecule has 0 aliphatic heterocycles. The minimum Gasteiger partial charge on any atom is -0.513 e. The van der Waals surface area contributed by atoms with Gasteiger partial charge in [-0.15, -0.1) is 0 Å². The Morgan fingerprint density at radius 3 is 2.70 bits per heavy atom. The van der Waals surface area contributed by atoms with Crippen LogP contribution in [0.1, 0.15) is 20.3 Å². The zero-order valence-corrected chi connectivity index (χ0v) is 6.50. The van der Waals surface area contributed by atoms with Crippen molar-refractivity contribution in [1.82, 2.24) is 0 Å². The number of aliphatic hydroxyl groups is 1. The third-order valence-electron chi connectivity index (χ3n) is 1.04. The monoisotopic (exact) mass is 142 g/mol. The van der Waals surface area contributed by atoms with Crippen LogP contribution in [0.15, 0.2) is 24.2 Å². The van der Waals surface area contributed by atoms with Crippen molar-refractivity contribution in [3.05, 3.63) is 24.2 Å². The Morgan fingerprint density at radius 2 is 2.20 bits per heavy atom. The second kappa shape index (κ2) is 6.20. The van der Waals surface area contributed by atoms with E-state index < -0.39 is 0 Å². The number of hydrogen-bond acceptors (Lipinski definition) is 2. The normalized spacial score (nSPS) is 12.4. The van der Waals surface area contributed by atoms with E-state index in [1.165, 1.54) is 0 Å². The van der Waals surface area contributed by atoms with E-state index >= 15 is 0 Å². The second-order valence-corrected chi connectivity index (χ2v) is 1.87. The highest BCUT2D eigenvalue weighted by molar-refractivity contribution is 4.87. The first-order valence-corrected chi connectivity index (χ1v) is 3.38. The Morgan fingerprint density at radius 1 is 1.50 bits per heavy atom. The summed E-state index contributed by atoms with van der Waals surface area (Å²) in [6, 6.07) is 0. The molecule has 2 heteroatoms. The Bertz CT molecular complexity index is 125. The van der Waals surface area contributed by atoms with E-state index in [9.17, 15) is 0 Å². The minimum absolute atomic E-state index is 0.379. The standard InChI is InChI=1S/C8H14O2/c1-3-6-10-7-5-8(9)4-2/h3-4,6,9H,5,7H2,1-2H3/b6-3+,8-4-. The summed E-state index contributed by atoms with van der Waals surface area (Å²) < 4.78 is 4.97. The zero-order chi connectivity index (χ0) is 7.82. The summed E-state index contributed by atoms with van der Waals surface area (Å²) in [5.41, 5.74) is 0. The van der Waals surface area contributed by atoms with Crippen LogP contribution in [0.4, 0.5) is 0 Å². The molecule has 2 nitrogen and oxygen atoms in total. The molecule has 0 amide bonds. The van der Waals surface area contributed by atoms with Crippen LogP contribution < -0.4 is 0 Å². The lowest BCUT2D eigenvalue weighted by molar-refractivity contribution is 0.232. The largest absolute Gasteiger partial charge is 0.513 e. The minimum atomic E-state index is 0.379. The van der Waals surface area contributed by atoms with E-state index in [0.29, 0.717) is 18.8 Å². The lowest BCUT2D eigenvalue weighted by Gasteiger charge is -1.98. The van der Waals surface area contributed by atoms with Crippen molar-refractivity contribution in [2.45, 2.75) is 20.3 Å². The van der Waals surface area contributed by atoms with Gasteiger partial charge in [-0.3, -0.25) is 0 Å². The third-order valence-corrected chi connectivity index (χ3v) is 1.04. The maximum absolute atomic E-state index is 8.91. The summed E-state index contributed by atoms with van der Waals surface area (Å²) in [6.07, 6.45) is 5.68. The van der Waals surface area contributed by atoms with Crippen molar-refractivity contribution in [2.75, 3.05) is 6.61 Å². The van der Waals surface area contributed by atoms with E-state index in [2.05, 4.69) is 0 Å².